The largest absolute Gasteiger partial charge is 0.309 e. The van der Waals surface area contributed by atoms with E-state index in [9.17, 15) is 4.39 Å². The molecule has 112 valence electrons. The van der Waals surface area contributed by atoms with Crippen molar-refractivity contribution in [2.24, 2.45) is 5.92 Å². The molecule has 0 aliphatic carbocycles. The van der Waals surface area contributed by atoms with Crippen LogP contribution in [0.4, 0.5) is 4.39 Å². The predicted molar refractivity (Wildman–Crippen MR) is 87.0 cm³/mol. The molecule has 0 aliphatic heterocycles. The molecular weight excluding hydrogens is 261 g/mol. The van der Waals surface area contributed by atoms with E-state index in [1.54, 1.807) is 12.1 Å². The second-order valence-corrected chi connectivity index (χ2v) is 6.09. The maximum atomic E-state index is 14.2. The maximum absolute atomic E-state index is 14.2. The molecule has 2 aromatic rings. The van der Waals surface area contributed by atoms with Crippen molar-refractivity contribution in [3.63, 3.8) is 0 Å². The van der Waals surface area contributed by atoms with Crippen LogP contribution in [0.15, 0.2) is 42.5 Å². The second kappa shape index (κ2) is 6.86. The van der Waals surface area contributed by atoms with Crippen LogP contribution < -0.4 is 5.32 Å². The van der Waals surface area contributed by atoms with Gasteiger partial charge in [-0.1, -0.05) is 55.8 Å². The summed E-state index contributed by atoms with van der Waals surface area (Å²) in [7, 11) is 1.88. The molecule has 0 aliphatic rings. The van der Waals surface area contributed by atoms with E-state index in [1.807, 2.05) is 20.0 Å². The van der Waals surface area contributed by atoms with Crippen molar-refractivity contribution in [3.05, 3.63) is 70.5 Å². The minimum Gasteiger partial charge on any atom is -0.309 e. The van der Waals surface area contributed by atoms with E-state index >= 15 is 0 Å². The van der Waals surface area contributed by atoms with Gasteiger partial charge in [-0.15, -0.1) is 0 Å². The van der Waals surface area contributed by atoms with Crippen LogP contribution in [-0.4, -0.2) is 7.05 Å². The van der Waals surface area contributed by atoms with Crippen LogP contribution in [0.25, 0.3) is 0 Å². The van der Waals surface area contributed by atoms with Crippen molar-refractivity contribution in [1.82, 2.24) is 5.32 Å². The number of rotatable bonds is 5. The number of hydrogen-bond acceptors (Lipinski definition) is 1. The summed E-state index contributed by atoms with van der Waals surface area (Å²) in [4.78, 5) is 0. The van der Waals surface area contributed by atoms with Crippen LogP contribution in [0.5, 0.6) is 0 Å². The van der Waals surface area contributed by atoms with Gasteiger partial charge in [-0.05, 0) is 43.5 Å². The molecule has 2 aromatic carbocycles. The van der Waals surface area contributed by atoms with Crippen molar-refractivity contribution in [3.8, 4) is 0 Å². The highest BCUT2D eigenvalue weighted by Gasteiger charge is 2.16. The van der Waals surface area contributed by atoms with Crippen LogP contribution in [0.1, 0.15) is 42.1 Å². The van der Waals surface area contributed by atoms with E-state index in [2.05, 4.69) is 43.4 Å². The Hall–Kier alpha value is -1.67. The van der Waals surface area contributed by atoms with Crippen LogP contribution in [-0.2, 0) is 6.42 Å². The van der Waals surface area contributed by atoms with E-state index in [-0.39, 0.29) is 11.9 Å². The molecule has 0 amide bonds. The Kier molecular flexibility index (Phi) is 5.13. The SMILES string of the molecule is CNC(c1cccc(CC(C)C)c1)c1cc(C)ccc1F. The standard InChI is InChI=1S/C19H24FN/c1-13(2)10-15-6-5-7-16(12-15)19(21-4)17-11-14(3)8-9-18(17)20/h5-9,11-13,19,21H,10H2,1-4H3. The molecule has 0 bridgehead atoms. The fourth-order valence-electron chi connectivity index (χ4n) is 2.76. The van der Waals surface area contributed by atoms with Crippen LogP contribution in [0.3, 0.4) is 0 Å². The molecule has 0 saturated heterocycles. The van der Waals surface area contributed by atoms with Crippen LogP contribution >= 0.6 is 0 Å². The first-order valence-corrected chi connectivity index (χ1v) is 7.53. The van der Waals surface area contributed by atoms with Crippen molar-refractivity contribution in [2.45, 2.75) is 33.2 Å². The van der Waals surface area contributed by atoms with E-state index in [0.717, 1.165) is 17.5 Å². The Bertz CT molecular complexity index is 604. The third kappa shape index (κ3) is 3.92. The van der Waals surface area contributed by atoms with Gasteiger partial charge in [0.25, 0.3) is 0 Å². The third-order valence-corrected chi connectivity index (χ3v) is 3.68. The summed E-state index contributed by atoms with van der Waals surface area (Å²) in [5, 5.41) is 3.24. The number of nitrogens with one attached hydrogen (secondary N) is 1. The summed E-state index contributed by atoms with van der Waals surface area (Å²) in [6.45, 7) is 6.41. The van der Waals surface area contributed by atoms with Gasteiger partial charge in [-0.25, -0.2) is 4.39 Å². The summed E-state index contributed by atoms with van der Waals surface area (Å²) in [6, 6.07) is 13.6. The number of hydrogen-bond donors (Lipinski definition) is 1. The summed E-state index contributed by atoms with van der Waals surface area (Å²) < 4.78 is 14.2. The lowest BCUT2D eigenvalue weighted by molar-refractivity contribution is 0.574. The average molecular weight is 285 g/mol. The Labute approximate surface area is 127 Å². The van der Waals surface area contributed by atoms with Gasteiger partial charge in [0, 0.05) is 5.56 Å². The van der Waals surface area contributed by atoms with Gasteiger partial charge in [-0.3, -0.25) is 0 Å². The molecule has 0 radical (unpaired) electrons. The van der Waals surface area contributed by atoms with Gasteiger partial charge in [0.2, 0.25) is 0 Å². The highest BCUT2D eigenvalue weighted by atomic mass is 19.1. The smallest absolute Gasteiger partial charge is 0.128 e. The maximum Gasteiger partial charge on any atom is 0.128 e. The highest BCUT2D eigenvalue weighted by molar-refractivity contribution is 5.36. The number of halogens is 1. The molecule has 0 saturated carbocycles. The molecule has 0 heterocycles. The minimum absolute atomic E-state index is 0.114. The van der Waals surface area contributed by atoms with E-state index in [4.69, 9.17) is 0 Å². The second-order valence-electron chi connectivity index (χ2n) is 6.09. The number of aryl methyl sites for hydroxylation is 1. The number of benzene rings is 2. The molecule has 0 fully saturated rings. The van der Waals surface area contributed by atoms with Gasteiger partial charge in [0.15, 0.2) is 0 Å². The fraction of sp³-hybridized carbons (Fsp3) is 0.368. The van der Waals surface area contributed by atoms with Gasteiger partial charge in [-0.2, -0.15) is 0 Å². The first kappa shape index (κ1) is 15.7. The van der Waals surface area contributed by atoms with E-state index in [1.165, 1.54) is 5.56 Å². The molecule has 2 heteroatoms. The normalized spacial score (nSPS) is 12.7. The summed E-state index contributed by atoms with van der Waals surface area (Å²) in [5.41, 5.74) is 4.19. The molecule has 1 nitrogen and oxygen atoms in total. The van der Waals surface area contributed by atoms with Crippen molar-refractivity contribution in [2.75, 3.05) is 7.05 Å². The first-order chi connectivity index (χ1) is 10.0. The highest BCUT2D eigenvalue weighted by Crippen LogP contribution is 2.26. The zero-order valence-electron chi connectivity index (χ0n) is 13.3. The Morgan fingerprint density at radius 3 is 2.52 bits per heavy atom. The topological polar surface area (TPSA) is 12.0 Å². The van der Waals surface area contributed by atoms with Crippen molar-refractivity contribution >= 4 is 0 Å². The molecule has 1 atom stereocenters. The molecular formula is C19H24FN. The van der Waals surface area contributed by atoms with Crippen LogP contribution in [0.2, 0.25) is 0 Å². The Morgan fingerprint density at radius 1 is 1.10 bits per heavy atom. The van der Waals surface area contributed by atoms with Crippen molar-refractivity contribution in [1.29, 1.82) is 0 Å². The average Bonchev–Trinajstić information content (AvgIpc) is 2.43. The summed E-state index contributed by atoms with van der Waals surface area (Å²) in [6.07, 6.45) is 1.04. The minimum atomic E-state index is -0.158. The lowest BCUT2D eigenvalue weighted by atomic mass is 9.93. The zero-order valence-corrected chi connectivity index (χ0v) is 13.3. The monoisotopic (exact) mass is 285 g/mol. The quantitative estimate of drug-likeness (QED) is 0.843. The van der Waals surface area contributed by atoms with E-state index < -0.39 is 0 Å². The van der Waals surface area contributed by atoms with Gasteiger partial charge in [0.1, 0.15) is 5.82 Å². The molecule has 1 unspecified atom stereocenters. The molecule has 0 spiro atoms. The first-order valence-electron chi connectivity index (χ1n) is 7.53. The van der Waals surface area contributed by atoms with Crippen molar-refractivity contribution < 1.29 is 4.39 Å². The Morgan fingerprint density at radius 2 is 1.86 bits per heavy atom. The summed E-state index contributed by atoms with van der Waals surface area (Å²) in [5.74, 6) is 0.457. The van der Waals surface area contributed by atoms with Gasteiger partial charge in [0.05, 0.1) is 6.04 Å². The lowest BCUT2D eigenvalue weighted by Crippen LogP contribution is -2.19. The van der Waals surface area contributed by atoms with E-state index in [0.29, 0.717) is 11.5 Å². The third-order valence-electron chi connectivity index (χ3n) is 3.68. The molecule has 1 N–H and O–H groups in total. The lowest BCUT2D eigenvalue weighted by Gasteiger charge is -2.19. The molecule has 0 aromatic heterocycles. The molecule has 21 heavy (non-hydrogen) atoms. The van der Waals surface area contributed by atoms with Gasteiger partial charge < -0.3 is 5.32 Å². The predicted octanol–water partition coefficient (Wildman–Crippen LogP) is 4.64. The van der Waals surface area contributed by atoms with Gasteiger partial charge >= 0.3 is 0 Å². The Balaban J connectivity index is 2.39. The summed E-state index contributed by atoms with van der Waals surface area (Å²) >= 11 is 0. The molecule has 2 rings (SSSR count). The van der Waals surface area contributed by atoms with Crippen LogP contribution in [0, 0.1) is 18.7 Å². The zero-order chi connectivity index (χ0) is 15.4. The fourth-order valence-corrected chi connectivity index (χ4v) is 2.76.